The van der Waals surface area contributed by atoms with Crippen LogP contribution in [0.5, 0.6) is 0 Å². The normalized spacial score (nSPS) is 30.2. The van der Waals surface area contributed by atoms with Gasteiger partial charge in [-0.1, -0.05) is 39.0 Å². The zero-order valence-corrected chi connectivity index (χ0v) is 14.2. The average molecular weight is 315 g/mol. The largest absolute Gasteiger partial charge is 0.342 e. The molecule has 0 radical (unpaired) electrons. The molecule has 0 aromatic heterocycles. The van der Waals surface area contributed by atoms with Crippen molar-refractivity contribution in [2.75, 3.05) is 26.2 Å². The monoisotopic (exact) mass is 314 g/mol. The molecule has 4 heteroatoms. The lowest BCUT2D eigenvalue weighted by Crippen LogP contribution is -2.37. The van der Waals surface area contributed by atoms with Crippen molar-refractivity contribution >= 4 is 18.3 Å². The molecule has 2 heterocycles. The molecule has 3 rings (SSSR count). The first-order valence-corrected chi connectivity index (χ1v) is 8.77. The minimum Gasteiger partial charge on any atom is -0.342 e. The van der Waals surface area contributed by atoms with E-state index in [1.807, 2.05) is 0 Å². The fourth-order valence-corrected chi connectivity index (χ4v) is 4.63. The van der Waals surface area contributed by atoms with Crippen LogP contribution in [-0.4, -0.2) is 37.0 Å². The van der Waals surface area contributed by atoms with E-state index < -0.39 is 0 Å². The van der Waals surface area contributed by atoms with Gasteiger partial charge in [-0.05, 0) is 30.6 Å². The van der Waals surface area contributed by atoms with Crippen LogP contribution in [0.25, 0.3) is 0 Å². The Morgan fingerprint density at radius 2 is 1.81 bits per heavy atom. The summed E-state index contributed by atoms with van der Waals surface area (Å²) < 4.78 is 0. The molecule has 0 spiro atoms. The SMILES string of the molecule is CCCC(CC1CCCC1)C(=O)N1C[C@H]2CNC[C@H]2C1.Cl. The average Bonchev–Trinajstić information content (AvgIpc) is 3.13. The number of rotatable bonds is 5. The van der Waals surface area contributed by atoms with Gasteiger partial charge in [0.25, 0.3) is 0 Å². The summed E-state index contributed by atoms with van der Waals surface area (Å²) in [6.45, 7) is 6.49. The van der Waals surface area contributed by atoms with Crippen LogP contribution in [0.1, 0.15) is 51.9 Å². The predicted octanol–water partition coefficient (Wildman–Crippen LogP) is 3.08. The number of hydrogen-bond acceptors (Lipinski definition) is 2. The molecule has 1 aliphatic carbocycles. The zero-order valence-electron chi connectivity index (χ0n) is 13.4. The van der Waals surface area contributed by atoms with E-state index in [2.05, 4.69) is 17.1 Å². The van der Waals surface area contributed by atoms with Gasteiger partial charge >= 0.3 is 0 Å². The molecule has 2 saturated heterocycles. The Morgan fingerprint density at radius 1 is 1.19 bits per heavy atom. The third-order valence-corrected chi connectivity index (χ3v) is 5.78. The Labute approximate surface area is 135 Å². The molecule has 1 amide bonds. The summed E-state index contributed by atoms with van der Waals surface area (Å²) in [6.07, 6.45) is 8.90. The maximum atomic E-state index is 12.9. The molecule has 1 saturated carbocycles. The number of fused-ring (bicyclic) bond motifs is 1. The molecule has 3 atom stereocenters. The fourth-order valence-electron chi connectivity index (χ4n) is 4.63. The second-order valence-corrected chi connectivity index (χ2v) is 7.29. The minimum absolute atomic E-state index is 0. The van der Waals surface area contributed by atoms with Crippen molar-refractivity contribution in [3.8, 4) is 0 Å². The topological polar surface area (TPSA) is 32.3 Å². The second-order valence-electron chi connectivity index (χ2n) is 7.29. The molecule has 2 aliphatic heterocycles. The van der Waals surface area contributed by atoms with Crippen molar-refractivity contribution in [1.82, 2.24) is 10.2 Å². The van der Waals surface area contributed by atoms with E-state index in [4.69, 9.17) is 0 Å². The van der Waals surface area contributed by atoms with Gasteiger partial charge in [0, 0.05) is 32.1 Å². The van der Waals surface area contributed by atoms with E-state index in [1.165, 1.54) is 25.7 Å². The molecule has 1 unspecified atom stereocenters. The van der Waals surface area contributed by atoms with E-state index >= 15 is 0 Å². The first-order valence-electron chi connectivity index (χ1n) is 8.77. The summed E-state index contributed by atoms with van der Waals surface area (Å²) in [4.78, 5) is 15.1. The summed E-state index contributed by atoms with van der Waals surface area (Å²) in [6, 6.07) is 0. The number of amides is 1. The van der Waals surface area contributed by atoms with E-state index in [0.717, 1.165) is 63.2 Å². The van der Waals surface area contributed by atoms with Crippen LogP contribution in [0, 0.1) is 23.7 Å². The van der Waals surface area contributed by atoms with Gasteiger partial charge in [-0.2, -0.15) is 0 Å². The number of nitrogens with zero attached hydrogens (tertiary/aromatic N) is 1. The Balaban J connectivity index is 0.00000161. The number of nitrogens with one attached hydrogen (secondary N) is 1. The van der Waals surface area contributed by atoms with Crippen molar-refractivity contribution in [3.63, 3.8) is 0 Å². The van der Waals surface area contributed by atoms with E-state index in [1.54, 1.807) is 0 Å². The van der Waals surface area contributed by atoms with Crippen LogP contribution >= 0.6 is 12.4 Å². The molecule has 0 bridgehead atoms. The molecular formula is C17H31ClN2O. The molecular weight excluding hydrogens is 284 g/mol. The molecule has 0 aromatic rings. The van der Waals surface area contributed by atoms with Crippen LogP contribution in [0.4, 0.5) is 0 Å². The quantitative estimate of drug-likeness (QED) is 0.846. The van der Waals surface area contributed by atoms with E-state index in [0.29, 0.717) is 11.8 Å². The maximum absolute atomic E-state index is 12.9. The molecule has 3 fully saturated rings. The Kier molecular flexibility index (Phi) is 6.36. The van der Waals surface area contributed by atoms with Crippen molar-refractivity contribution in [2.45, 2.75) is 51.9 Å². The number of halogens is 1. The number of hydrogen-bond donors (Lipinski definition) is 1. The van der Waals surface area contributed by atoms with Gasteiger partial charge in [-0.25, -0.2) is 0 Å². The number of likely N-dealkylation sites (tertiary alicyclic amines) is 1. The Morgan fingerprint density at radius 3 is 2.38 bits per heavy atom. The van der Waals surface area contributed by atoms with E-state index in [-0.39, 0.29) is 12.4 Å². The van der Waals surface area contributed by atoms with Gasteiger partial charge in [0.1, 0.15) is 0 Å². The summed E-state index contributed by atoms with van der Waals surface area (Å²) >= 11 is 0. The Bertz CT molecular complexity index is 332. The van der Waals surface area contributed by atoms with Crippen LogP contribution in [0.3, 0.4) is 0 Å². The van der Waals surface area contributed by atoms with Crippen molar-refractivity contribution in [3.05, 3.63) is 0 Å². The lowest BCUT2D eigenvalue weighted by molar-refractivity contribution is -0.135. The first kappa shape index (κ1) is 17.1. The predicted molar refractivity (Wildman–Crippen MR) is 88.7 cm³/mol. The van der Waals surface area contributed by atoms with Crippen molar-refractivity contribution < 1.29 is 4.79 Å². The first-order chi connectivity index (χ1) is 9.78. The smallest absolute Gasteiger partial charge is 0.225 e. The fraction of sp³-hybridized carbons (Fsp3) is 0.941. The Hall–Kier alpha value is -0.280. The van der Waals surface area contributed by atoms with Gasteiger partial charge in [-0.15, -0.1) is 12.4 Å². The van der Waals surface area contributed by atoms with Gasteiger partial charge in [0.2, 0.25) is 5.91 Å². The van der Waals surface area contributed by atoms with Gasteiger partial charge in [0.15, 0.2) is 0 Å². The van der Waals surface area contributed by atoms with Gasteiger partial charge in [-0.3, -0.25) is 4.79 Å². The van der Waals surface area contributed by atoms with Crippen LogP contribution in [0.15, 0.2) is 0 Å². The summed E-state index contributed by atoms with van der Waals surface area (Å²) in [5, 5.41) is 3.46. The molecule has 122 valence electrons. The third kappa shape index (κ3) is 3.92. The molecule has 0 aromatic carbocycles. The zero-order chi connectivity index (χ0) is 13.9. The van der Waals surface area contributed by atoms with Crippen molar-refractivity contribution in [2.24, 2.45) is 23.7 Å². The van der Waals surface area contributed by atoms with Gasteiger partial charge in [0.05, 0.1) is 0 Å². The number of carbonyl (C=O) groups is 1. The second kappa shape index (κ2) is 7.82. The lowest BCUT2D eigenvalue weighted by Gasteiger charge is -2.26. The highest BCUT2D eigenvalue weighted by Crippen LogP contribution is 2.34. The van der Waals surface area contributed by atoms with Crippen LogP contribution in [0.2, 0.25) is 0 Å². The van der Waals surface area contributed by atoms with E-state index in [9.17, 15) is 4.79 Å². The van der Waals surface area contributed by atoms with Crippen molar-refractivity contribution in [1.29, 1.82) is 0 Å². The third-order valence-electron chi connectivity index (χ3n) is 5.78. The van der Waals surface area contributed by atoms with Crippen LogP contribution < -0.4 is 5.32 Å². The standard InChI is InChI=1S/C17H30N2O.ClH/c1-2-5-14(8-13-6-3-4-7-13)17(20)19-11-15-9-18-10-16(15)12-19;/h13-16,18H,2-12H2,1H3;1H/t14?,15-,16+;. The summed E-state index contributed by atoms with van der Waals surface area (Å²) in [5.41, 5.74) is 0. The highest BCUT2D eigenvalue weighted by Gasteiger charge is 2.39. The molecule has 3 nitrogen and oxygen atoms in total. The lowest BCUT2D eigenvalue weighted by atomic mass is 9.89. The van der Waals surface area contributed by atoms with Gasteiger partial charge < -0.3 is 10.2 Å². The summed E-state index contributed by atoms with van der Waals surface area (Å²) in [7, 11) is 0. The molecule has 21 heavy (non-hydrogen) atoms. The highest BCUT2D eigenvalue weighted by atomic mass is 35.5. The minimum atomic E-state index is 0. The molecule has 3 aliphatic rings. The number of carbonyl (C=O) groups excluding carboxylic acids is 1. The molecule has 1 N–H and O–H groups in total. The maximum Gasteiger partial charge on any atom is 0.225 e. The highest BCUT2D eigenvalue weighted by molar-refractivity contribution is 5.85. The summed E-state index contributed by atoms with van der Waals surface area (Å²) in [5.74, 6) is 3.09. The van der Waals surface area contributed by atoms with Crippen LogP contribution in [-0.2, 0) is 4.79 Å².